The molecule has 0 spiro atoms. The van der Waals surface area contributed by atoms with Crippen molar-refractivity contribution in [3.05, 3.63) is 12.3 Å². The molecule has 0 aromatic carbocycles. The van der Waals surface area contributed by atoms with Crippen molar-refractivity contribution in [2.75, 3.05) is 13.7 Å². The molecule has 0 saturated carbocycles. The van der Waals surface area contributed by atoms with E-state index in [-0.39, 0.29) is 0 Å². The van der Waals surface area contributed by atoms with Gasteiger partial charge in [-0.25, -0.2) is 4.99 Å². The standard InChI is InChI=1S/C5H7N2O/c1-8-5-6-3-2-4-7-5/h3H,4H2,1H3,(H,6,7). The highest BCUT2D eigenvalue weighted by atomic mass is 16.5. The van der Waals surface area contributed by atoms with Gasteiger partial charge in [0.25, 0.3) is 6.02 Å². The molecule has 0 atom stereocenters. The molecule has 0 unspecified atom stereocenters. The van der Waals surface area contributed by atoms with Crippen LogP contribution in [0.15, 0.2) is 11.2 Å². The van der Waals surface area contributed by atoms with Gasteiger partial charge >= 0.3 is 0 Å². The van der Waals surface area contributed by atoms with Gasteiger partial charge in [-0.1, -0.05) is 0 Å². The maximum Gasteiger partial charge on any atom is 0.289 e. The summed E-state index contributed by atoms with van der Waals surface area (Å²) in [5.41, 5.74) is 0. The van der Waals surface area contributed by atoms with Crippen LogP contribution in [0.5, 0.6) is 0 Å². The molecule has 0 aromatic heterocycles. The van der Waals surface area contributed by atoms with Crippen LogP contribution >= 0.6 is 0 Å². The zero-order chi connectivity index (χ0) is 5.82. The molecule has 3 nitrogen and oxygen atoms in total. The maximum absolute atomic E-state index is 4.76. The van der Waals surface area contributed by atoms with Crippen molar-refractivity contribution >= 4 is 6.02 Å². The summed E-state index contributed by atoms with van der Waals surface area (Å²) in [5.74, 6) is 0. The lowest BCUT2D eigenvalue weighted by Crippen LogP contribution is -2.26. The number of nitrogens with one attached hydrogen (secondary N) is 1. The van der Waals surface area contributed by atoms with Gasteiger partial charge in [-0.3, -0.25) is 0 Å². The average Bonchev–Trinajstić information content (AvgIpc) is 1.90. The molecular formula is C5H7N2O. The molecule has 1 radical (unpaired) electrons. The Kier molecular flexibility index (Phi) is 1.51. The van der Waals surface area contributed by atoms with Gasteiger partial charge in [-0.05, 0) is 6.08 Å². The second-order valence-corrected chi connectivity index (χ2v) is 1.33. The summed E-state index contributed by atoms with van der Waals surface area (Å²) in [5, 5.41) is 2.85. The van der Waals surface area contributed by atoms with Gasteiger partial charge < -0.3 is 10.1 Å². The van der Waals surface area contributed by atoms with Crippen molar-refractivity contribution in [2.45, 2.75) is 0 Å². The van der Waals surface area contributed by atoms with Crippen LogP contribution in [0, 0.1) is 6.08 Å². The highest BCUT2D eigenvalue weighted by molar-refractivity contribution is 5.74. The highest BCUT2D eigenvalue weighted by Crippen LogP contribution is 1.83. The first-order valence-electron chi connectivity index (χ1n) is 2.34. The van der Waals surface area contributed by atoms with E-state index in [0.717, 1.165) is 0 Å². The summed E-state index contributed by atoms with van der Waals surface area (Å²) in [7, 11) is 1.57. The van der Waals surface area contributed by atoms with E-state index < -0.39 is 0 Å². The van der Waals surface area contributed by atoms with Crippen LogP contribution < -0.4 is 5.32 Å². The zero-order valence-electron chi connectivity index (χ0n) is 4.64. The summed E-state index contributed by atoms with van der Waals surface area (Å²) >= 11 is 0. The van der Waals surface area contributed by atoms with E-state index in [1.807, 2.05) is 0 Å². The highest BCUT2D eigenvalue weighted by Gasteiger charge is 1.94. The van der Waals surface area contributed by atoms with E-state index in [0.29, 0.717) is 12.6 Å². The molecule has 0 saturated heterocycles. The van der Waals surface area contributed by atoms with Crippen LogP contribution in [0.4, 0.5) is 0 Å². The maximum atomic E-state index is 4.76. The fraction of sp³-hybridized carbons (Fsp3) is 0.400. The van der Waals surface area contributed by atoms with Crippen molar-refractivity contribution < 1.29 is 4.74 Å². The molecule has 0 aliphatic carbocycles. The Bertz CT molecular complexity index is 128. The smallest absolute Gasteiger partial charge is 0.289 e. The summed E-state index contributed by atoms with van der Waals surface area (Å²) in [4.78, 5) is 3.80. The van der Waals surface area contributed by atoms with Gasteiger partial charge in [0.15, 0.2) is 0 Å². The Morgan fingerprint density at radius 2 is 2.88 bits per heavy atom. The van der Waals surface area contributed by atoms with Gasteiger partial charge in [-0.15, -0.1) is 0 Å². The fourth-order valence-corrected chi connectivity index (χ4v) is 0.447. The minimum Gasteiger partial charge on any atom is -0.468 e. The van der Waals surface area contributed by atoms with Crippen LogP contribution in [0.3, 0.4) is 0 Å². The molecule has 0 bridgehead atoms. The predicted molar refractivity (Wildman–Crippen MR) is 30.3 cm³/mol. The molecule has 0 aromatic rings. The topological polar surface area (TPSA) is 33.6 Å². The minimum atomic E-state index is 0.559. The first-order chi connectivity index (χ1) is 3.93. The predicted octanol–water partition coefficient (Wildman–Crippen LogP) is -0.0911. The van der Waals surface area contributed by atoms with Gasteiger partial charge in [-0.2, -0.15) is 0 Å². The third-order valence-electron chi connectivity index (χ3n) is 0.808. The molecule has 0 fully saturated rings. The fourth-order valence-electron chi connectivity index (χ4n) is 0.447. The molecular weight excluding hydrogens is 104 g/mol. The number of hydrogen-bond acceptors (Lipinski definition) is 3. The van der Waals surface area contributed by atoms with Crippen molar-refractivity contribution in [3.8, 4) is 0 Å². The van der Waals surface area contributed by atoms with Gasteiger partial charge in [0.2, 0.25) is 0 Å². The van der Waals surface area contributed by atoms with E-state index >= 15 is 0 Å². The van der Waals surface area contributed by atoms with Crippen molar-refractivity contribution in [1.29, 1.82) is 0 Å². The SMILES string of the molecule is COC1=NC=[C]CN1. The quantitative estimate of drug-likeness (QED) is 0.474. The molecule has 1 N–H and O–H groups in total. The molecule has 1 aliphatic heterocycles. The van der Waals surface area contributed by atoms with Crippen LogP contribution in [0.25, 0.3) is 0 Å². The number of ether oxygens (including phenoxy) is 1. The van der Waals surface area contributed by atoms with E-state index in [4.69, 9.17) is 4.74 Å². The normalized spacial score (nSPS) is 16.9. The summed E-state index contributed by atoms with van der Waals surface area (Å²) < 4.78 is 4.76. The number of aliphatic imine (C=N–C) groups is 1. The first-order valence-corrected chi connectivity index (χ1v) is 2.34. The monoisotopic (exact) mass is 111 g/mol. The van der Waals surface area contributed by atoms with Gasteiger partial charge in [0.05, 0.1) is 7.11 Å². The number of rotatable bonds is 0. The third kappa shape index (κ3) is 0.992. The van der Waals surface area contributed by atoms with Gasteiger partial charge in [0, 0.05) is 12.7 Å². The van der Waals surface area contributed by atoms with Crippen LogP contribution in [0.2, 0.25) is 0 Å². The number of methoxy groups -OCH3 is 1. The second-order valence-electron chi connectivity index (χ2n) is 1.33. The molecule has 0 amide bonds. The van der Waals surface area contributed by atoms with Crippen molar-refractivity contribution in [1.82, 2.24) is 5.32 Å². The average molecular weight is 111 g/mol. The largest absolute Gasteiger partial charge is 0.468 e. The molecule has 43 valence electrons. The van der Waals surface area contributed by atoms with Gasteiger partial charge in [0.1, 0.15) is 0 Å². The number of amidine groups is 1. The number of nitrogens with zero attached hydrogens (tertiary/aromatic N) is 1. The Morgan fingerprint density at radius 3 is 3.25 bits per heavy atom. The first kappa shape index (κ1) is 5.15. The summed E-state index contributed by atoms with van der Waals surface area (Å²) in [6.45, 7) is 0.687. The van der Waals surface area contributed by atoms with E-state index in [1.54, 1.807) is 13.3 Å². The zero-order valence-corrected chi connectivity index (χ0v) is 4.64. The second kappa shape index (κ2) is 2.35. The Balaban J connectivity index is 2.50. The lowest BCUT2D eigenvalue weighted by molar-refractivity contribution is 0.381. The molecule has 1 aliphatic rings. The van der Waals surface area contributed by atoms with Crippen LogP contribution in [0.1, 0.15) is 0 Å². The lowest BCUT2D eigenvalue weighted by Gasteiger charge is -2.06. The number of hydrogen-bond donors (Lipinski definition) is 1. The van der Waals surface area contributed by atoms with E-state index in [9.17, 15) is 0 Å². The molecule has 8 heavy (non-hydrogen) atoms. The van der Waals surface area contributed by atoms with Crippen molar-refractivity contribution in [2.24, 2.45) is 4.99 Å². The third-order valence-corrected chi connectivity index (χ3v) is 0.808. The van der Waals surface area contributed by atoms with Crippen LogP contribution in [-0.2, 0) is 4.74 Å². The Hall–Kier alpha value is -0.990. The van der Waals surface area contributed by atoms with Crippen LogP contribution in [-0.4, -0.2) is 19.7 Å². The summed E-state index contributed by atoms with van der Waals surface area (Å²) in [6, 6.07) is 0.559. The van der Waals surface area contributed by atoms with E-state index in [2.05, 4.69) is 16.4 Å². The molecule has 1 rings (SSSR count). The molecule has 1 heterocycles. The minimum absolute atomic E-state index is 0.559. The Morgan fingerprint density at radius 1 is 2.00 bits per heavy atom. The molecule has 3 heteroatoms. The lowest BCUT2D eigenvalue weighted by atomic mass is 10.5. The summed E-state index contributed by atoms with van der Waals surface area (Å²) in [6.07, 6.45) is 4.44. The Labute approximate surface area is 48.1 Å². The van der Waals surface area contributed by atoms with E-state index in [1.165, 1.54) is 0 Å². The van der Waals surface area contributed by atoms with Crippen molar-refractivity contribution in [3.63, 3.8) is 0 Å².